The SMILES string of the molecule is CNC(c1nc(C)c(C)s1)C1CCC(C(C)(C)C)CC1. The van der Waals surface area contributed by atoms with Gasteiger partial charge in [-0.3, -0.25) is 0 Å². The minimum Gasteiger partial charge on any atom is -0.311 e. The highest BCUT2D eigenvalue weighted by atomic mass is 32.1. The van der Waals surface area contributed by atoms with E-state index in [-0.39, 0.29) is 0 Å². The fourth-order valence-electron chi connectivity index (χ4n) is 3.51. The van der Waals surface area contributed by atoms with Crippen molar-refractivity contribution in [2.45, 2.75) is 66.3 Å². The van der Waals surface area contributed by atoms with E-state index in [1.54, 1.807) is 0 Å². The predicted molar refractivity (Wildman–Crippen MR) is 88.3 cm³/mol. The molecule has 0 saturated heterocycles. The molecule has 1 saturated carbocycles. The van der Waals surface area contributed by atoms with Crippen LogP contribution in [0.25, 0.3) is 0 Å². The van der Waals surface area contributed by atoms with Gasteiger partial charge in [0.1, 0.15) is 5.01 Å². The molecule has 114 valence electrons. The van der Waals surface area contributed by atoms with Crippen LogP contribution in [0, 0.1) is 31.1 Å². The number of hydrogen-bond donors (Lipinski definition) is 1. The second-order valence-corrected chi connectivity index (χ2v) is 8.67. The zero-order valence-corrected chi connectivity index (χ0v) is 14.7. The monoisotopic (exact) mass is 294 g/mol. The van der Waals surface area contributed by atoms with Crippen molar-refractivity contribution in [2.75, 3.05) is 7.05 Å². The molecule has 1 fully saturated rings. The van der Waals surface area contributed by atoms with Crippen LogP contribution in [-0.2, 0) is 0 Å². The number of aryl methyl sites for hydroxylation is 2. The summed E-state index contributed by atoms with van der Waals surface area (Å²) in [5.74, 6) is 1.64. The van der Waals surface area contributed by atoms with Gasteiger partial charge in [0, 0.05) is 4.88 Å². The number of rotatable bonds is 3. The highest BCUT2D eigenvalue weighted by molar-refractivity contribution is 7.11. The van der Waals surface area contributed by atoms with Crippen LogP contribution >= 0.6 is 11.3 Å². The maximum absolute atomic E-state index is 4.78. The van der Waals surface area contributed by atoms with Crippen molar-refractivity contribution < 1.29 is 0 Å². The lowest BCUT2D eigenvalue weighted by Crippen LogP contribution is -2.32. The van der Waals surface area contributed by atoms with E-state index in [0.29, 0.717) is 11.5 Å². The highest BCUT2D eigenvalue weighted by Gasteiger charge is 2.33. The van der Waals surface area contributed by atoms with Gasteiger partial charge in [-0.05, 0) is 63.8 Å². The molecular weight excluding hydrogens is 264 g/mol. The van der Waals surface area contributed by atoms with Gasteiger partial charge in [0.15, 0.2) is 0 Å². The normalized spacial score (nSPS) is 25.7. The fourth-order valence-corrected chi connectivity index (χ4v) is 4.64. The van der Waals surface area contributed by atoms with Gasteiger partial charge in [-0.2, -0.15) is 0 Å². The van der Waals surface area contributed by atoms with E-state index >= 15 is 0 Å². The molecule has 0 aromatic carbocycles. The van der Waals surface area contributed by atoms with Crippen LogP contribution in [0.1, 0.15) is 68.1 Å². The van der Waals surface area contributed by atoms with Gasteiger partial charge in [0.25, 0.3) is 0 Å². The Hall–Kier alpha value is -0.410. The molecule has 1 N–H and O–H groups in total. The zero-order valence-electron chi connectivity index (χ0n) is 13.9. The van der Waals surface area contributed by atoms with E-state index in [0.717, 1.165) is 11.8 Å². The van der Waals surface area contributed by atoms with Gasteiger partial charge in [-0.15, -0.1) is 11.3 Å². The summed E-state index contributed by atoms with van der Waals surface area (Å²) in [6.07, 6.45) is 5.42. The van der Waals surface area contributed by atoms with Crippen LogP contribution in [0.2, 0.25) is 0 Å². The Labute approximate surface area is 128 Å². The summed E-state index contributed by atoms with van der Waals surface area (Å²) >= 11 is 1.87. The molecule has 0 radical (unpaired) electrons. The smallest absolute Gasteiger partial charge is 0.110 e. The molecule has 0 spiro atoms. The third-order valence-corrected chi connectivity index (χ3v) is 6.25. The van der Waals surface area contributed by atoms with Crippen LogP contribution in [0.15, 0.2) is 0 Å². The summed E-state index contributed by atoms with van der Waals surface area (Å²) < 4.78 is 0. The number of nitrogens with zero attached hydrogens (tertiary/aromatic N) is 1. The Morgan fingerprint density at radius 3 is 2.15 bits per heavy atom. The summed E-state index contributed by atoms with van der Waals surface area (Å²) in [6, 6.07) is 0.452. The molecule has 1 aromatic rings. The van der Waals surface area contributed by atoms with Gasteiger partial charge in [-0.25, -0.2) is 4.98 Å². The lowest BCUT2D eigenvalue weighted by Gasteiger charge is -2.39. The summed E-state index contributed by atoms with van der Waals surface area (Å²) in [5, 5.41) is 4.82. The number of hydrogen-bond acceptors (Lipinski definition) is 3. The van der Waals surface area contributed by atoms with Crippen molar-refractivity contribution in [3.63, 3.8) is 0 Å². The van der Waals surface area contributed by atoms with Crippen LogP contribution in [0.5, 0.6) is 0 Å². The molecule has 1 aliphatic carbocycles. The third-order valence-electron chi connectivity index (χ3n) is 5.09. The lowest BCUT2D eigenvalue weighted by atomic mass is 9.68. The quantitative estimate of drug-likeness (QED) is 0.860. The van der Waals surface area contributed by atoms with Gasteiger partial charge >= 0.3 is 0 Å². The molecule has 1 aromatic heterocycles. The van der Waals surface area contributed by atoms with E-state index in [1.165, 1.54) is 41.3 Å². The molecule has 1 unspecified atom stereocenters. The van der Waals surface area contributed by atoms with Gasteiger partial charge in [0.2, 0.25) is 0 Å². The molecule has 0 amide bonds. The number of nitrogens with one attached hydrogen (secondary N) is 1. The standard InChI is InChI=1S/C17H30N2S/c1-11-12(2)20-16(19-11)15(18-6)13-7-9-14(10-8-13)17(3,4)5/h13-15,18H,7-10H2,1-6H3. The molecule has 20 heavy (non-hydrogen) atoms. The second kappa shape index (κ2) is 6.15. The van der Waals surface area contributed by atoms with Crippen molar-refractivity contribution in [2.24, 2.45) is 17.3 Å². The van der Waals surface area contributed by atoms with Crippen LogP contribution < -0.4 is 5.32 Å². The van der Waals surface area contributed by atoms with E-state index < -0.39 is 0 Å². The minimum absolute atomic E-state index is 0.452. The first-order valence-corrected chi connectivity index (χ1v) is 8.75. The molecule has 1 aliphatic rings. The van der Waals surface area contributed by atoms with Crippen molar-refractivity contribution in [1.82, 2.24) is 10.3 Å². The molecule has 2 nitrogen and oxygen atoms in total. The third kappa shape index (κ3) is 3.43. The summed E-state index contributed by atoms with van der Waals surface area (Å²) in [4.78, 5) is 6.14. The van der Waals surface area contributed by atoms with E-state index in [1.807, 2.05) is 11.3 Å². The number of aromatic nitrogens is 1. The topological polar surface area (TPSA) is 24.9 Å². The first kappa shape index (κ1) is 16.0. The zero-order chi connectivity index (χ0) is 14.9. The second-order valence-electron chi connectivity index (χ2n) is 7.44. The largest absolute Gasteiger partial charge is 0.311 e. The first-order chi connectivity index (χ1) is 9.32. The van der Waals surface area contributed by atoms with Gasteiger partial charge in [-0.1, -0.05) is 20.8 Å². The van der Waals surface area contributed by atoms with Crippen LogP contribution in [0.3, 0.4) is 0 Å². The molecule has 2 rings (SSSR count). The molecular formula is C17H30N2S. The van der Waals surface area contributed by atoms with Crippen LogP contribution in [-0.4, -0.2) is 12.0 Å². The summed E-state index contributed by atoms with van der Waals surface area (Å²) in [6.45, 7) is 11.5. The Kier molecular flexibility index (Phi) is 4.91. The van der Waals surface area contributed by atoms with Crippen molar-refractivity contribution >= 4 is 11.3 Å². The van der Waals surface area contributed by atoms with Crippen molar-refractivity contribution in [3.05, 3.63) is 15.6 Å². The average Bonchev–Trinajstić information content (AvgIpc) is 2.70. The Morgan fingerprint density at radius 1 is 1.15 bits per heavy atom. The maximum Gasteiger partial charge on any atom is 0.110 e. The van der Waals surface area contributed by atoms with E-state index in [2.05, 4.69) is 47.0 Å². The molecule has 1 atom stereocenters. The van der Waals surface area contributed by atoms with Gasteiger partial charge < -0.3 is 5.32 Å². The van der Waals surface area contributed by atoms with Crippen molar-refractivity contribution in [3.8, 4) is 0 Å². The molecule has 0 bridgehead atoms. The van der Waals surface area contributed by atoms with E-state index in [9.17, 15) is 0 Å². The minimum atomic E-state index is 0.452. The van der Waals surface area contributed by atoms with Crippen molar-refractivity contribution in [1.29, 1.82) is 0 Å². The molecule has 0 aliphatic heterocycles. The summed E-state index contributed by atoms with van der Waals surface area (Å²) in [5.41, 5.74) is 1.67. The Balaban J connectivity index is 2.04. The highest BCUT2D eigenvalue weighted by Crippen LogP contribution is 2.43. The number of thiazole rings is 1. The maximum atomic E-state index is 4.78. The molecule has 3 heteroatoms. The van der Waals surface area contributed by atoms with Gasteiger partial charge in [0.05, 0.1) is 11.7 Å². The molecule has 1 heterocycles. The Morgan fingerprint density at radius 2 is 1.75 bits per heavy atom. The predicted octanol–water partition coefficient (Wildman–Crippen LogP) is 4.87. The first-order valence-electron chi connectivity index (χ1n) is 7.94. The average molecular weight is 295 g/mol. The Bertz CT molecular complexity index is 417. The van der Waals surface area contributed by atoms with E-state index in [4.69, 9.17) is 4.98 Å². The summed E-state index contributed by atoms with van der Waals surface area (Å²) in [7, 11) is 2.09. The lowest BCUT2D eigenvalue weighted by molar-refractivity contribution is 0.134. The fraction of sp³-hybridized carbons (Fsp3) is 0.824. The van der Waals surface area contributed by atoms with Crippen LogP contribution in [0.4, 0.5) is 0 Å².